The summed E-state index contributed by atoms with van der Waals surface area (Å²) >= 11 is 0. The first kappa shape index (κ1) is 17.3. The quantitative estimate of drug-likeness (QED) is 0.704. The monoisotopic (exact) mass is 349 g/mol. The second kappa shape index (κ2) is 7.59. The summed E-state index contributed by atoms with van der Waals surface area (Å²) in [5, 5.41) is 18.4. The summed E-state index contributed by atoms with van der Waals surface area (Å²) in [5.41, 5.74) is 1.12. The fourth-order valence-corrected chi connectivity index (χ4v) is 2.52. The molecule has 0 saturated carbocycles. The molecule has 0 unspecified atom stereocenters. The van der Waals surface area contributed by atoms with Crippen LogP contribution in [0.1, 0.15) is 21.7 Å². The van der Waals surface area contributed by atoms with Crippen molar-refractivity contribution in [2.24, 2.45) is 0 Å². The van der Waals surface area contributed by atoms with Gasteiger partial charge in [-0.05, 0) is 29.8 Å². The summed E-state index contributed by atoms with van der Waals surface area (Å²) in [4.78, 5) is 29.1. The average Bonchev–Trinajstić information content (AvgIpc) is 2.68. The van der Waals surface area contributed by atoms with Crippen molar-refractivity contribution in [2.45, 2.75) is 19.8 Å². The maximum Gasteiger partial charge on any atom is 0.338 e. The standard InChI is InChI=1S/C19H15N3O4/c20-9-10-22-17(21-16-4-2-1-3-15(16)18(22)24)12-26-19(25)14-7-5-13(11-23)6-8-14/h1-8,23H,10-12H2. The number of aliphatic hydroxyl groups is 1. The van der Waals surface area contributed by atoms with Gasteiger partial charge in [-0.25, -0.2) is 9.78 Å². The van der Waals surface area contributed by atoms with Crippen molar-refractivity contribution in [3.63, 3.8) is 0 Å². The molecule has 130 valence electrons. The van der Waals surface area contributed by atoms with Gasteiger partial charge in [-0.1, -0.05) is 24.3 Å². The average molecular weight is 349 g/mol. The first-order valence-corrected chi connectivity index (χ1v) is 7.86. The third kappa shape index (κ3) is 3.45. The highest BCUT2D eigenvalue weighted by Gasteiger charge is 2.14. The zero-order valence-corrected chi connectivity index (χ0v) is 13.8. The molecule has 0 aliphatic rings. The molecule has 26 heavy (non-hydrogen) atoms. The number of carbonyl (C=O) groups is 1. The van der Waals surface area contributed by atoms with Crippen molar-refractivity contribution in [3.8, 4) is 6.07 Å². The van der Waals surface area contributed by atoms with Crippen LogP contribution in [0.5, 0.6) is 0 Å². The highest BCUT2D eigenvalue weighted by molar-refractivity contribution is 5.89. The minimum absolute atomic E-state index is 0.114. The second-order valence-corrected chi connectivity index (χ2v) is 5.53. The molecule has 0 amide bonds. The smallest absolute Gasteiger partial charge is 0.338 e. The van der Waals surface area contributed by atoms with E-state index in [0.717, 1.165) is 0 Å². The van der Waals surface area contributed by atoms with Gasteiger partial charge in [0.1, 0.15) is 13.2 Å². The van der Waals surface area contributed by atoms with Crippen LogP contribution in [0.2, 0.25) is 0 Å². The Morgan fingerprint density at radius 2 is 1.92 bits per heavy atom. The zero-order valence-electron chi connectivity index (χ0n) is 13.8. The van der Waals surface area contributed by atoms with Crippen molar-refractivity contribution < 1.29 is 14.6 Å². The molecule has 3 aromatic rings. The summed E-state index contributed by atoms with van der Waals surface area (Å²) in [7, 11) is 0. The first-order chi connectivity index (χ1) is 12.6. The van der Waals surface area contributed by atoms with E-state index < -0.39 is 5.97 Å². The SMILES string of the molecule is N#CCn1c(COC(=O)c2ccc(CO)cc2)nc2ccccc2c1=O. The summed E-state index contributed by atoms with van der Waals surface area (Å²) in [5.74, 6) is -0.379. The first-order valence-electron chi connectivity index (χ1n) is 7.86. The Morgan fingerprint density at radius 3 is 2.62 bits per heavy atom. The predicted octanol–water partition coefficient (Wildman–Crippen LogP) is 1.77. The van der Waals surface area contributed by atoms with Gasteiger partial charge in [0.2, 0.25) is 0 Å². The minimum Gasteiger partial charge on any atom is -0.454 e. The summed E-state index contributed by atoms with van der Waals surface area (Å²) in [6.45, 7) is -0.534. The molecule has 0 atom stereocenters. The molecule has 0 aliphatic heterocycles. The summed E-state index contributed by atoms with van der Waals surface area (Å²) < 4.78 is 6.44. The Bertz CT molecular complexity index is 1050. The van der Waals surface area contributed by atoms with Gasteiger partial charge in [-0.2, -0.15) is 5.26 Å². The van der Waals surface area contributed by atoms with Crippen LogP contribution in [0.3, 0.4) is 0 Å². The van der Waals surface area contributed by atoms with Crippen molar-refractivity contribution >= 4 is 16.9 Å². The lowest BCUT2D eigenvalue weighted by molar-refractivity contribution is 0.0457. The van der Waals surface area contributed by atoms with E-state index in [1.807, 2.05) is 6.07 Å². The van der Waals surface area contributed by atoms with Crippen molar-refractivity contribution in [1.82, 2.24) is 9.55 Å². The predicted molar refractivity (Wildman–Crippen MR) is 93.1 cm³/mol. The zero-order chi connectivity index (χ0) is 18.5. The van der Waals surface area contributed by atoms with Gasteiger partial charge in [0, 0.05) is 0 Å². The molecule has 0 saturated heterocycles. The number of aromatic nitrogens is 2. The molecule has 7 heteroatoms. The van der Waals surface area contributed by atoms with E-state index in [1.165, 1.54) is 4.57 Å². The Labute approximate surface area is 148 Å². The topological polar surface area (TPSA) is 105 Å². The number of hydrogen-bond donors (Lipinski definition) is 1. The molecule has 1 heterocycles. The molecule has 0 radical (unpaired) electrons. The fourth-order valence-electron chi connectivity index (χ4n) is 2.52. The highest BCUT2D eigenvalue weighted by atomic mass is 16.5. The largest absolute Gasteiger partial charge is 0.454 e. The molecular weight excluding hydrogens is 334 g/mol. The molecular formula is C19H15N3O4. The molecule has 0 bridgehead atoms. The second-order valence-electron chi connectivity index (χ2n) is 5.53. The number of hydrogen-bond acceptors (Lipinski definition) is 6. The van der Waals surface area contributed by atoms with Gasteiger partial charge in [0.15, 0.2) is 5.82 Å². The van der Waals surface area contributed by atoms with Gasteiger partial charge in [0.05, 0.1) is 29.1 Å². The number of fused-ring (bicyclic) bond motifs is 1. The number of rotatable bonds is 5. The van der Waals surface area contributed by atoms with Crippen LogP contribution in [0.15, 0.2) is 53.3 Å². The third-order valence-corrected chi connectivity index (χ3v) is 3.87. The minimum atomic E-state index is -0.583. The summed E-state index contributed by atoms with van der Waals surface area (Å²) in [6, 6.07) is 15.0. The molecule has 0 aliphatic carbocycles. The highest BCUT2D eigenvalue weighted by Crippen LogP contribution is 2.11. The molecule has 1 N–H and O–H groups in total. The van der Waals surface area contributed by atoms with E-state index in [0.29, 0.717) is 22.0 Å². The van der Waals surface area contributed by atoms with Gasteiger partial charge in [-0.15, -0.1) is 0 Å². The Hall–Kier alpha value is -3.50. The van der Waals surface area contributed by atoms with Crippen LogP contribution in [-0.4, -0.2) is 20.6 Å². The Kier molecular flexibility index (Phi) is 5.06. The van der Waals surface area contributed by atoms with Crippen LogP contribution < -0.4 is 5.56 Å². The number of nitrogens with zero attached hydrogens (tertiary/aromatic N) is 3. The molecule has 1 aromatic heterocycles. The number of benzene rings is 2. The van der Waals surface area contributed by atoms with Crippen LogP contribution in [0, 0.1) is 11.3 Å². The lowest BCUT2D eigenvalue weighted by Gasteiger charge is -2.11. The molecule has 3 rings (SSSR count). The van der Waals surface area contributed by atoms with E-state index in [2.05, 4.69) is 4.98 Å². The molecule has 7 nitrogen and oxygen atoms in total. The molecule has 2 aromatic carbocycles. The molecule has 0 fully saturated rings. The van der Waals surface area contributed by atoms with E-state index in [-0.39, 0.29) is 31.1 Å². The number of esters is 1. The van der Waals surface area contributed by atoms with Crippen LogP contribution >= 0.6 is 0 Å². The van der Waals surface area contributed by atoms with Crippen molar-refractivity contribution in [3.05, 3.63) is 75.8 Å². The maximum atomic E-state index is 12.5. The third-order valence-electron chi connectivity index (χ3n) is 3.87. The number of aliphatic hydroxyl groups excluding tert-OH is 1. The van der Waals surface area contributed by atoms with Crippen molar-refractivity contribution in [1.29, 1.82) is 5.26 Å². The van der Waals surface area contributed by atoms with E-state index in [4.69, 9.17) is 15.1 Å². The van der Waals surface area contributed by atoms with Crippen LogP contribution in [0.25, 0.3) is 10.9 Å². The maximum absolute atomic E-state index is 12.5. The number of carbonyl (C=O) groups excluding carboxylic acids is 1. The van der Waals surface area contributed by atoms with Crippen molar-refractivity contribution in [2.75, 3.05) is 0 Å². The van der Waals surface area contributed by atoms with Crippen LogP contribution in [-0.2, 0) is 24.5 Å². The number of nitriles is 1. The Morgan fingerprint density at radius 1 is 1.19 bits per heavy atom. The van der Waals surface area contributed by atoms with Gasteiger partial charge in [-0.3, -0.25) is 9.36 Å². The fraction of sp³-hybridized carbons (Fsp3) is 0.158. The number of para-hydroxylation sites is 1. The summed E-state index contributed by atoms with van der Waals surface area (Å²) in [6.07, 6.45) is 0. The van der Waals surface area contributed by atoms with E-state index in [9.17, 15) is 9.59 Å². The Balaban J connectivity index is 1.87. The van der Waals surface area contributed by atoms with Crippen LogP contribution in [0.4, 0.5) is 0 Å². The van der Waals surface area contributed by atoms with E-state index in [1.54, 1.807) is 48.5 Å². The van der Waals surface area contributed by atoms with Gasteiger partial charge in [0.25, 0.3) is 5.56 Å². The lowest BCUT2D eigenvalue weighted by atomic mass is 10.1. The number of ether oxygens (including phenoxy) is 1. The van der Waals surface area contributed by atoms with Gasteiger partial charge >= 0.3 is 5.97 Å². The van der Waals surface area contributed by atoms with E-state index >= 15 is 0 Å². The lowest BCUT2D eigenvalue weighted by Crippen LogP contribution is -2.26. The van der Waals surface area contributed by atoms with Gasteiger partial charge < -0.3 is 9.84 Å². The molecule has 0 spiro atoms. The normalized spacial score (nSPS) is 10.5.